The molecule has 1 unspecified atom stereocenters. The molecule has 0 aromatic heterocycles. The van der Waals surface area contributed by atoms with Gasteiger partial charge in [-0.1, -0.05) is 48.5 Å². The number of ether oxygens (including phenoxy) is 2. The molecule has 5 nitrogen and oxygen atoms in total. The largest absolute Gasteiger partial charge is 0.467 e. The Balaban J connectivity index is 2.20. The topological polar surface area (TPSA) is 55.8 Å². The molecule has 0 bridgehead atoms. The van der Waals surface area contributed by atoms with Crippen molar-refractivity contribution < 1.29 is 19.1 Å². The van der Waals surface area contributed by atoms with E-state index in [0.717, 1.165) is 22.4 Å². The number of esters is 1. The van der Waals surface area contributed by atoms with Crippen LogP contribution in [-0.2, 0) is 25.7 Å². The van der Waals surface area contributed by atoms with Gasteiger partial charge in [0.05, 0.1) is 19.4 Å². The number of aryl methyl sites for hydroxylation is 2. The Morgan fingerprint density at radius 3 is 2.19 bits per heavy atom. The van der Waals surface area contributed by atoms with Gasteiger partial charge in [-0.15, -0.1) is 0 Å². The fourth-order valence-corrected chi connectivity index (χ4v) is 2.90. The number of para-hydroxylation sites is 1. The van der Waals surface area contributed by atoms with Gasteiger partial charge in [0.1, 0.15) is 12.6 Å². The number of rotatable bonds is 7. The molecule has 0 saturated heterocycles. The molecule has 2 aromatic rings. The molecular formula is C21H25NO4. The smallest absolute Gasteiger partial charge is 0.328 e. The number of methoxy groups -OCH3 is 1. The van der Waals surface area contributed by atoms with Gasteiger partial charge in [0.15, 0.2) is 0 Å². The normalized spacial score (nSPS) is 11.7. The van der Waals surface area contributed by atoms with Crippen LogP contribution in [0.1, 0.15) is 23.6 Å². The second-order valence-corrected chi connectivity index (χ2v) is 6.18. The van der Waals surface area contributed by atoms with Crippen molar-refractivity contribution in [3.05, 3.63) is 65.2 Å². The molecule has 0 radical (unpaired) electrons. The molecule has 0 spiro atoms. The molecule has 0 saturated carbocycles. The molecule has 2 aromatic carbocycles. The van der Waals surface area contributed by atoms with Gasteiger partial charge in [0.25, 0.3) is 5.91 Å². The Morgan fingerprint density at radius 2 is 1.62 bits per heavy atom. The van der Waals surface area contributed by atoms with Crippen LogP contribution in [0, 0.1) is 13.8 Å². The van der Waals surface area contributed by atoms with Gasteiger partial charge in [-0.05, 0) is 37.5 Å². The Morgan fingerprint density at radius 1 is 1.00 bits per heavy atom. The van der Waals surface area contributed by atoms with Crippen molar-refractivity contribution in [3.63, 3.8) is 0 Å². The van der Waals surface area contributed by atoms with Crippen LogP contribution < -0.4 is 4.90 Å². The summed E-state index contributed by atoms with van der Waals surface area (Å²) in [6, 6.07) is 14.6. The molecule has 26 heavy (non-hydrogen) atoms. The van der Waals surface area contributed by atoms with E-state index in [1.807, 2.05) is 62.4 Å². The average molecular weight is 355 g/mol. The molecule has 0 fully saturated rings. The zero-order valence-corrected chi connectivity index (χ0v) is 15.7. The molecule has 0 aliphatic heterocycles. The highest BCUT2D eigenvalue weighted by Crippen LogP contribution is 2.27. The maximum absolute atomic E-state index is 12.9. The maximum atomic E-state index is 12.9. The highest BCUT2D eigenvalue weighted by Gasteiger charge is 2.30. The van der Waals surface area contributed by atoms with Gasteiger partial charge >= 0.3 is 5.97 Å². The second kappa shape index (κ2) is 9.15. The van der Waals surface area contributed by atoms with E-state index in [0.29, 0.717) is 6.61 Å². The summed E-state index contributed by atoms with van der Waals surface area (Å²) in [5, 5.41) is 0. The first kappa shape index (κ1) is 19.7. The number of anilines is 1. The van der Waals surface area contributed by atoms with Crippen molar-refractivity contribution in [1.29, 1.82) is 0 Å². The monoisotopic (exact) mass is 355 g/mol. The van der Waals surface area contributed by atoms with E-state index in [1.54, 1.807) is 6.92 Å². The second-order valence-electron chi connectivity index (χ2n) is 6.18. The van der Waals surface area contributed by atoms with E-state index in [1.165, 1.54) is 12.0 Å². The third-order valence-electron chi connectivity index (χ3n) is 4.22. The molecule has 0 aliphatic rings. The van der Waals surface area contributed by atoms with E-state index in [4.69, 9.17) is 9.47 Å². The van der Waals surface area contributed by atoms with Gasteiger partial charge in [-0.3, -0.25) is 9.69 Å². The van der Waals surface area contributed by atoms with Gasteiger partial charge < -0.3 is 9.47 Å². The molecule has 0 N–H and O–H groups in total. The van der Waals surface area contributed by atoms with E-state index < -0.39 is 12.0 Å². The van der Waals surface area contributed by atoms with E-state index >= 15 is 0 Å². The summed E-state index contributed by atoms with van der Waals surface area (Å²) >= 11 is 0. The molecule has 1 atom stereocenters. The summed E-state index contributed by atoms with van der Waals surface area (Å²) in [7, 11) is 1.32. The van der Waals surface area contributed by atoms with Gasteiger partial charge in [0.2, 0.25) is 0 Å². The predicted molar refractivity (Wildman–Crippen MR) is 101 cm³/mol. The number of carbonyl (C=O) groups excluding carboxylic acids is 2. The lowest BCUT2D eigenvalue weighted by atomic mass is 10.1. The lowest BCUT2D eigenvalue weighted by molar-refractivity contribution is -0.143. The van der Waals surface area contributed by atoms with Crippen LogP contribution in [0.15, 0.2) is 48.5 Å². The lowest BCUT2D eigenvalue weighted by Gasteiger charge is -2.30. The third kappa shape index (κ3) is 4.70. The van der Waals surface area contributed by atoms with Crippen LogP contribution in [-0.4, -0.2) is 31.6 Å². The Kier molecular flexibility index (Phi) is 6.92. The highest BCUT2D eigenvalue weighted by atomic mass is 16.5. The molecule has 1 amide bonds. The van der Waals surface area contributed by atoms with E-state index in [2.05, 4.69) is 0 Å². The first-order valence-electron chi connectivity index (χ1n) is 8.53. The van der Waals surface area contributed by atoms with Gasteiger partial charge in [-0.2, -0.15) is 0 Å². The van der Waals surface area contributed by atoms with Crippen molar-refractivity contribution in [3.8, 4) is 0 Å². The summed E-state index contributed by atoms with van der Waals surface area (Å²) < 4.78 is 10.4. The molecule has 138 valence electrons. The van der Waals surface area contributed by atoms with Gasteiger partial charge in [0, 0.05) is 0 Å². The average Bonchev–Trinajstić information content (AvgIpc) is 2.64. The minimum Gasteiger partial charge on any atom is -0.467 e. The highest BCUT2D eigenvalue weighted by molar-refractivity contribution is 6.01. The summed E-state index contributed by atoms with van der Waals surface area (Å²) in [6.07, 6.45) is 0. The SMILES string of the molecule is COC(=O)C(C)N(C(=O)COCc1ccccc1)c1c(C)cccc1C. The summed E-state index contributed by atoms with van der Waals surface area (Å²) in [5.41, 5.74) is 3.54. The van der Waals surface area contributed by atoms with Crippen LogP contribution in [0.2, 0.25) is 0 Å². The fourth-order valence-electron chi connectivity index (χ4n) is 2.90. The summed E-state index contributed by atoms with van der Waals surface area (Å²) in [4.78, 5) is 26.5. The molecule has 0 aliphatic carbocycles. The first-order valence-corrected chi connectivity index (χ1v) is 8.53. The van der Waals surface area contributed by atoms with Crippen molar-refractivity contribution in [2.75, 3.05) is 18.6 Å². The van der Waals surface area contributed by atoms with Crippen LogP contribution in [0.3, 0.4) is 0 Å². The Bertz CT molecular complexity index is 738. The van der Waals surface area contributed by atoms with Crippen LogP contribution in [0.5, 0.6) is 0 Å². The van der Waals surface area contributed by atoms with Crippen LogP contribution in [0.25, 0.3) is 0 Å². The molecular weight excluding hydrogens is 330 g/mol. The zero-order chi connectivity index (χ0) is 19.1. The van der Waals surface area contributed by atoms with Gasteiger partial charge in [-0.25, -0.2) is 4.79 Å². The lowest BCUT2D eigenvalue weighted by Crippen LogP contribution is -2.46. The third-order valence-corrected chi connectivity index (χ3v) is 4.22. The van der Waals surface area contributed by atoms with E-state index in [-0.39, 0.29) is 12.5 Å². The van der Waals surface area contributed by atoms with Crippen molar-refractivity contribution in [2.45, 2.75) is 33.4 Å². The molecule has 2 rings (SSSR count). The van der Waals surface area contributed by atoms with Crippen molar-refractivity contribution in [1.82, 2.24) is 0 Å². The van der Waals surface area contributed by atoms with Crippen molar-refractivity contribution in [2.24, 2.45) is 0 Å². The summed E-state index contributed by atoms with van der Waals surface area (Å²) in [5.74, 6) is -0.750. The first-order chi connectivity index (χ1) is 12.5. The van der Waals surface area contributed by atoms with Crippen molar-refractivity contribution >= 4 is 17.6 Å². The zero-order valence-electron chi connectivity index (χ0n) is 15.7. The van der Waals surface area contributed by atoms with Crippen LogP contribution >= 0.6 is 0 Å². The maximum Gasteiger partial charge on any atom is 0.328 e. The number of benzene rings is 2. The Labute approximate surface area is 154 Å². The number of hydrogen-bond donors (Lipinski definition) is 0. The number of hydrogen-bond acceptors (Lipinski definition) is 4. The standard InChI is InChI=1S/C21H25NO4/c1-15-9-8-10-16(2)20(15)22(17(3)21(24)25-4)19(23)14-26-13-18-11-6-5-7-12-18/h5-12,17H,13-14H2,1-4H3. The van der Waals surface area contributed by atoms with Crippen LogP contribution in [0.4, 0.5) is 5.69 Å². The summed E-state index contributed by atoms with van der Waals surface area (Å²) in [6.45, 7) is 5.70. The number of carbonyl (C=O) groups is 2. The molecule has 0 heterocycles. The molecule has 5 heteroatoms. The number of nitrogens with zero attached hydrogens (tertiary/aromatic N) is 1. The fraction of sp³-hybridized carbons (Fsp3) is 0.333. The van der Waals surface area contributed by atoms with E-state index in [9.17, 15) is 9.59 Å². The minimum absolute atomic E-state index is 0.121. The minimum atomic E-state index is -0.743. The quantitative estimate of drug-likeness (QED) is 0.714. The Hall–Kier alpha value is -2.66. The predicted octanol–water partition coefficient (Wildman–Crippen LogP) is 3.41. The number of amides is 1.